The van der Waals surface area contributed by atoms with Gasteiger partial charge in [-0.2, -0.15) is 0 Å². The Labute approximate surface area is 98.6 Å². The summed E-state index contributed by atoms with van der Waals surface area (Å²) in [6, 6.07) is 8.55. The third-order valence-corrected chi connectivity index (χ3v) is 2.33. The second-order valence-corrected chi connectivity index (χ2v) is 3.49. The first-order chi connectivity index (χ1) is 8.20. The molecule has 0 radical (unpaired) electrons. The van der Waals surface area contributed by atoms with Crippen LogP contribution in [0.1, 0.15) is 10.5 Å². The second-order valence-electron chi connectivity index (χ2n) is 3.49. The maximum Gasteiger partial charge on any atom is 0.272 e. The standard InChI is InChI=1S/C12H13N3O2/c1-17-11-5-4-8(7-9(11)13)15-12(16)10-3-2-6-14-10/h2-7,14H,13H2,1H3,(H,15,16). The molecule has 0 unspecified atom stereocenters. The molecule has 1 aromatic carbocycles. The number of benzene rings is 1. The van der Waals surface area contributed by atoms with E-state index in [9.17, 15) is 4.79 Å². The van der Waals surface area contributed by atoms with E-state index in [0.717, 1.165) is 0 Å². The van der Waals surface area contributed by atoms with E-state index in [1.54, 1.807) is 43.6 Å². The number of anilines is 2. The third kappa shape index (κ3) is 2.39. The summed E-state index contributed by atoms with van der Waals surface area (Å²) in [6.07, 6.45) is 1.69. The molecule has 2 aromatic rings. The summed E-state index contributed by atoms with van der Waals surface area (Å²) >= 11 is 0. The van der Waals surface area contributed by atoms with Gasteiger partial charge in [-0.1, -0.05) is 0 Å². The molecule has 5 heteroatoms. The number of rotatable bonds is 3. The topological polar surface area (TPSA) is 80.1 Å². The highest BCUT2D eigenvalue weighted by Crippen LogP contribution is 2.24. The molecule has 0 spiro atoms. The molecule has 0 aliphatic heterocycles. The Bertz CT molecular complexity index is 521. The van der Waals surface area contributed by atoms with Gasteiger partial charge in [-0.25, -0.2) is 0 Å². The van der Waals surface area contributed by atoms with Gasteiger partial charge in [0, 0.05) is 11.9 Å². The fourth-order valence-corrected chi connectivity index (χ4v) is 1.48. The Balaban J connectivity index is 2.14. The van der Waals surface area contributed by atoms with Crippen molar-refractivity contribution in [2.75, 3.05) is 18.2 Å². The summed E-state index contributed by atoms with van der Waals surface area (Å²) in [7, 11) is 1.54. The van der Waals surface area contributed by atoms with E-state index in [1.165, 1.54) is 0 Å². The number of hydrogen-bond donors (Lipinski definition) is 3. The molecule has 17 heavy (non-hydrogen) atoms. The molecule has 0 atom stereocenters. The van der Waals surface area contributed by atoms with E-state index in [-0.39, 0.29) is 5.91 Å². The van der Waals surface area contributed by atoms with Crippen LogP contribution >= 0.6 is 0 Å². The van der Waals surface area contributed by atoms with Crippen LogP contribution < -0.4 is 15.8 Å². The van der Waals surface area contributed by atoms with Crippen molar-refractivity contribution in [3.05, 3.63) is 42.2 Å². The predicted molar refractivity (Wildman–Crippen MR) is 66.2 cm³/mol. The molecule has 5 nitrogen and oxygen atoms in total. The van der Waals surface area contributed by atoms with Crippen LogP contribution in [0.25, 0.3) is 0 Å². The number of amides is 1. The van der Waals surface area contributed by atoms with E-state index in [0.29, 0.717) is 22.8 Å². The molecule has 0 fully saturated rings. The van der Waals surface area contributed by atoms with Crippen molar-refractivity contribution < 1.29 is 9.53 Å². The number of methoxy groups -OCH3 is 1. The van der Waals surface area contributed by atoms with E-state index < -0.39 is 0 Å². The van der Waals surface area contributed by atoms with Crippen molar-refractivity contribution in [1.29, 1.82) is 0 Å². The number of nitrogens with one attached hydrogen (secondary N) is 2. The zero-order valence-corrected chi connectivity index (χ0v) is 9.36. The number of nitrogens with two attached hydrogens (primary N) is 1. The molecular formula is C12H13N3O2. The fourth-order valence-electron chi connectivity index (χ4n) is 1.48. The molecule has 0 aliphatic rings. The largest absolute Gasteiger partial charge is 0.495 e. The molecule has 0 aliphatic carbocycles. The maximum absolute atomic E-state index is 11.7. The van der Waals surface area contributed by atoms with Crippen LogP contribution in [0.2, 0.25) is 0 Å². The number of H-pyrrole nitrogens is 1. The number of aromatic nitrogens is 1. The molecule has 2 rings (SSSR count). The molecular weight excluding hydrogens is 218 g/mol. The Hall–Kier alpha value is -2.43. The van der Waals surface area contributed by atoms with Crippen molar-refractivity contribution in [3.63, 3.8) is 0 Å². The van der Waals surface area contributed by atoms with Crippen LogP contribution in [-0.2, 0) is 0 Å². The van der Waals surface area contributed by atoms with Crippen molar-refractivity contribution in [3.8, 4) is 5.75 Å². The molecule has 4 N–H and O–H groups in total. The van der Waals surface area contributed by atoms with E-state index in [4.69, 9.17) is 10.5 Å². The van der Waals surface area contributed by atoms with E-state index in [2.05, 4.69) is 10.3 Å². The lowest BCUT2D eigenvalue weighted by molar-refractivity contribution is 0.102. The minimum Gasteiger partial charge on any atom is -0.495 e. The van der Waals surface area contributed by atoms with Crippen LogP contribution in [0, 0.1) is 0 Å². The van der Waals surface area contributed by atoms with E-state index >= 15 is 0 Å². The van der Waals surface area contributed by atoms with Crippen molar-refractivity contribution in [1.82, 2.24) is 4.98 Å². The Morgan fingerprint density at radius 1 is 1.41 bits per heavy atom. The molecule has 0 saturated carbocycles. The lowest BCUT2D eigenvalue weighted by Crippen LogP contribution is -2.12. The van der Waals surface area contributed by atoms with Gasteiger partial charge in [0.25, 0.3) is 5.91 Å². The van der Waals surface area contributed by atoms with Gasteiger partial charge in [0.1, 0.15) is 11.4 Å². The van der Waals surface area contributed by atoms with Gasteiger partial charge >= 0.3 is 0 Å². The smallest absolute Gasteiger partial charge is 0.272 e. The summed E-state index contributed by atoms with van der Waals surface area (Å²) in [5.41, 5.74) is 7.35. The molecule has 0 saturated heterocycles. The van der Waals surface area contributed by atoms with Gasteiger partial charge in [0.05, 0.1) is 12.8 Å². The highest BCUT2D eigenvalue weighted by Gasteiger charge is 2.07. The zero-order valence-electron chi connectivity index (χ0n) is 9.36. The van der Waals surface area contributed by atoms with Crippen LogP contribution in [-0.4, -0.2) is 18.0 Å². The van der Waals surface area contributed by atoms with E-state index in [1.807, 2.05) is 0 Å². The SMILES string of the molecule is COc1ccc(NC(=O)c2ccc[nH]2)cc1N. The van der Waals surface area contributed by atoms with Crippen molar-refractivity contribution in [2.45, 2.75) is 0 Å². The Morgan fingerprint density at radius 3 is 2.82 bits per heavy atom. The quantitative estimate of drug-likeness (QED) is 0.705. The summed E-state index contributed by atoms with van der Waals surface area (Å²) < 4.78 is 5.03. The average Bonchev–Trinajstić information content (AvgIpc) is 2.82. The minimum absolute atomic E-state index is 0.209. The Kier molecular flexibility index (Phi) is 3.00. The summed E-state index contributed by atoms with van der Waals surface area (Å²) in [6.45, 7) is 0. The van der Waals surface area contributed by atoms with Crippen LogP contribution in [0.5, 0.6) is 5.75 Å². The summed E-state index contributed by atoms with van der Waals surface area (Å²) in [5.74, 6) is 0.377. The minimum atomic E-state index is -0.209. The van der Waals surface area contributed by atoms with Crippen molar-refractivity contribution >= 4 is 17.3 Å². The average molecular weight is 231 g/mol. The lowest BCUT2D eigenvalue weighted by atomic mass is 10.2. The molecule has 88 valence electrons. The first-order valence-corrected chi connectivity index (χ1v) is 5.09. The van der Waals surface area contributed by atoms with Crippen LogP contribution in [0.4, 0.5) is 11.4 Å². The number of ether oxygens (including phenoxy) is 1. The normalized spacial score (nSPS) is 9.94. The maximum atomic E-state index is 11.7. The fraction of sp³-hybridized carbons (Fsp3) is 0.0833. The van der Waals surface area contributed by atoms with Crippen LogP contribution in [0.15, 0.2) is 36.5 Å². The first kappa shape index (κ1) is 11.1. The molecule has 1 heterocycles. The molecule has 1 aromatic heterocycles. The third-order valence-electron chi connectivity index (χ3n) is 2.33. The summed E-state index contributed by atoms with van der Waals surface area (Å²) in [4.78, 5) is 14.6. The van der Waals surface area contributed by atoms with Crippen LogP contribution in [0.3, 0.4) is 0 Å². The number of aromatic amines is 1. The Morgan fingerprint density at radius 2 is 2.24 bits per heavy atom. The number of carbonyl (C=O) groups is 1. The van der Waals surface area contributed by atoms with Gasteiger partial charge in [0.2, 0.25) is 0 Å². The number of nitrogen functional groups attached to an aromatic ring is 1. The van der Waals surface area contributed by atoms with Gasteiger partial charge in [-0.05, 0) is 30.3 Å². The number of hydrogen-bond acceptors (Lipinski definition) is 3. The molecule has 0 bridgehead atoms. The highest BCUT2D eigenvalue weighted by molar-refractivity contribution is 6.03. The van der Waals surface area contributed by atoms with Gasteiger partial charge in [-0.3, -0.25) is 4.79 Å². The summed E-state index contributed by atoms with van der Waals surface area (Å²) in [5, 5.41) is 2.73. The molecule has 1 amide bonds. The zero-order chi connectivity index (χ0) is 12.3. The van der Waals surface area contributed by atoms with Gasteiger partial charge < -0.3 is 20.8 Å². The highest BCUT2D eigenvalue weighted by atomic mass is 16.5. The van der Waals surface area contributed by atoms with Gasteiger partial charge in [0.15, 0.2) is 0 Å². The second kappa shape index (κ2) is 4.61. The first-order valence-electron chi connectivity index (χ1n) is 5.09. The monoisotopic (exact) mass is 231 g/mol. The number of carbonyl (C=O) groups excluding carboxylic acids is 1. The lowest BCUT2D eigenvalue weighted by Gasteiger charge is -2.08. The van der Waals surface area contributed by atoms with Gasteiger partial charge in [-0.15, -0.1) is 0 Å². The predicted octanol–water partition coefficient (Wildman–Crippen LogP) is 1.86. The van der Waals surface area contributed by atoms with Crippen molar-refractivity contribution in [2.24, 2.45) is 0 Å².